The van der Waals surface area contributed by atoms with E-state index in [9.17, 15) is 19.5 Å². The van der Waals surface area contributed by atoms with Crippen LogP contribution in [0.15, 0.2) is 42.5 Å². The number of fused-ring (bicyclic) bond motifs is 1. The van der Waals surface area contributed by atoms with Gasteiger partial charge in [0.2, 0.25) is 6.79 Å². The molecule has 2 aromatic carbocycles. The maximum atomic E-state index is 12.7. The zero-order valence-corrected chi connectivity index (χ0v) is 22.4. The van der Waals surface area contributed by atoms with E-state index in [1.165, 1.54) is 56.3 Å². The molecule has 8 heteroatoms. The van der Waals surface area contributed by atoms with Gasteiger partial charge in [-0.2, -0.15) is 0 Å². The van der Waals surface area contributed by atoms with Crippen LogP contribution in [0.25, 0.3) is 0 Å². The lowest BCUT2D eigenvalue weighted by atomic mass is 10.1. The number of carboxylic acid groups (broad SMARTS) is 1. The highest BCUT2D eigenvalue weighted by atomic mass is 16.7. The van der Waals surface area contributed by atoms with Gasteiger partial charge in [0.15, 0.2) is 11.5 Å². The Kier molecular flexibility index (Phi) is 11.9. The Morgan fingerprint density at radius 2 is 1.45 bits per heavy atom. The van der Waals surface area contributed by atoms with Crippen LogP contribution >= 0.6 is 0 Å². The first-order valence-corrected chi connectivity index (χ1v) is 13.8. The van der Waals surface area contributed by atoms with Crippen molar-refractivity contribution in [2.24, 2.45) is 0 Å². The van der Waals surface area contributed by atoms with E-state index in [2.05, 4.69) is 12.2 Å². The second kappa shape index (κ2) is 15.6. The molecule has 1 aliphatic rings. The number of nitrogens with zero attached hydrogens (tertiary/aromatic N) is 1. The molecule has 206 valence electrons. The van der Waals surface area contributed by atoms with Crippen LogP contribution in [-0.4, -0.2) is 41.1 Å². The highest BCUT2D eigenvalue weighted by Crippen LogP contribution is 2.33. The lowest BCUT2D eigenvalue weighted by Gasteiger charge is -2.21. The second-order valence-electron chi connectivity index (χ2n) is 9.79. The maximum Gasteiger partial charge on any atom is 0.394 e. The first-order chi connectivity index (χ1) is 18.5. The van der Waals surface area contributed by atoms with Crippen LogP contribution in [-0.2, 0) is 22.7 Å². The van der Waals surface area contributed by atoms with Crippen molar-refractivity contribution in [2.75, 3.05) is 13.3 Å². The Morgan fingerprint density at radius 1 is 0.816 bits per heavy atom. The molecule has 3 rings (SSSR count). The molecule has 8 nitrogen and oxygen atoms in total. The van der Waals surface area contributed by atoms with E-state index in [1.54, 1.807) is 42.5 Å². The van der Waals surface area contributed by atoms with Crippen LogP contribution in [0.5, 0.6) is 11.5 Å². The van der Waals surface area contributed by atoms with Gasteiger partial charge in [-0.3, -0.25) is 9.59 Å². The molecular formula is C30H40N2O6. The van der Waals surface area contributed by atoms with Crippen molar-refractivity contribution < 1.29 is 29.0 Å². The molecule has 2 N–H and O–H groups in total. The number of hydrogen-bond donors (Lipinski definition) is 2. The lowest BCUT2D eigenvalue weighted by Crippen LogP contribution is -2.35. The molecule has 0 saturated heterocycles. The quantitative estimate of drug-likeness (QED) is 0.216. The fraction of sp³-hybridized carbons (Fsp3) is 0.500. The molecule has 0 bridgehead atoms. The zero-order chi connectivity index (χ0) is 27.2. The number of amides is 2. The third-order valence-corrected chi connectivity index (χ3v) is 6.66. The van der Waals surface area contributed by atoms with Crippen LogP contribution in [0.2, 0.25) is 0 Å². The Morgan fingerprint density at radius 3 is 2.13 bits per heavy atom. The maximum absolute atomic E-state index is 12.7. The topological polar surface area (TPSA) is 105 Å². The zero-order valence-electron chi connectivity index (χ0n) is 22.4. The highest BCUT2D eigenvalue weighted by Gasteiger charge is 2.23. The number of carbonyl (C=O) groups is 3. The van der Waals surface area contributed by atoms with Gasteiger partial charge in [0.05, 0.1) is 0 Å². The number of carboxylic acids is 1. The molecule has 0 radical (unpaired) electrons. The summed E-state index contributed by atoms with van der Waals surface area (Å²) < 4.78 is 10.7. The molecule has 0 saturated carbocycles. The molecule has 2 amide bonds. The van der Waals surface area contributed by atoms with Gasteiger partial charge < -0.3 is 24.8 Å². The van der Waals surface area contributed by atoms with Crippen molar-refractivity contribution in [3.8, 4) is 11.5 Å². The minimum Gasteiger partial charge on any atom is -0.474 e. The predicted octanol–water partition coefficient (Wildman–Crippen LogP) is 5.68. The molecule has 38 heavy (non-hydrogen) atoms. The molecule has 0 fully saturated rings. The van der Waals surface area contributed by atoms with Gasteiger partial charge >= 0.3 is 11.9 Å². The number of benzene rings is 2. The molecule has 0 spiro atoms. The Hall–Kier alpha value is -3.55. The Bertz CT molecular complexity index is 1070. The monoisotopic (exact) mass is 524 g/mol. The molecule has 0 aromatic heterocycles. The molecule has 0 aliphatic carbocycles. The molecule has 0 unspecified atom stereocenters. The highest BCUT2D eigenvalue weighted by molar-refractivity contribution is 6.31. The summed E-state index contributed by atoms with van der Waals surface area (Å²) in [5.74, 6) is -1.54. The molecule has 1 heterocycles. The van der Waals surface area contributed by atoms with E-state index >= 15 is 0 Å². The lowest BCUT2D eigenvalue weighted by molar-refractivity contribution is -0.156. The van der Waals surface area contributed by atoms with Crippen molar-refractivity contribution in [1.29, 1.82) is 0 Å². The number of unbranched alkanes of at least 4 members (excludes halogenated alkanes) is 9. The Labute approximate surface area is 225 Å². The van der Waals surface area contributed by atoms with Crippen molar-refractivity contribution in [2.45, 2.75) is 84.2 Å². The SMILES string of the molecule is CCCCCCCCCCCCNC(=O)c1cccc(CN(Cc2ccc3c(c2)OCO3)C(=O)C(=O)O)c1. The minimum atomic E-state index is -1.53. The van der Waals surface area contributed by atoms with Crippen LogP contribution < -0.4 is 14.8 Å². The first-order valence-electron chi connectivity index (χ1n) is 13.8. The van der Waals surface area contributed by atoms with Gasteiger partial charge in [-0.05, 0) is 41.8 Å². The number of ether oxygens (including phenoxy) is 2. The third-order valence-electron chi connectivity index (χ3n) is 6.66. The van der Waals surface area contributed by atoms with Gasteiger partial charge in [-0.25, -0.2) is 4.79 Å². The van der Waals surface area contributed by atoms with Crippen LogP contribution in [0.4, 0.5) is 0 Å². The fourth-order valence-corrected chi connectivity index (χ4v) is 4.54. The second-order valence-corrected chi connectivity index (χ2v) is 9.79. The summed E-state index contributed by atoms with van der Waals surface area (Å²) in [4.78, 5) is 37.8. The summed E-state index contributed by atoms with van der Waals surface area (Å²) >= 11 is 0. The van der Waals surface area contributed by atoms with E-state index in [0.29, 0.717) is 34.7 Å². The van der Waals surface area contributed by atoms with Gasteiger partial charge in [-0.1, -0.05) is 82.9 Å². The van der Waals surface area contributed by atoms with Crippen molar-refractivity contribution in [3.63, 3.8) is 0 Å². The van der Waals surface area contributed by atoms with Gasteiger partial charge in [0, 0.05) is 25.2 Å². The third kappa shape index (κ3) is 9.39. The largest absolute Gasteiger partial charge is 0.474 e. The normalized spacial score (nSPS) is 11.8. The average Bonchev–Trinajstić information content (AvgIpc) is 3.39. The predicted molar refractivity (Wildman–Crippen MR) is 145 cm³/mol. The number of hydrogen-bond acceptors (Lipinski definition) is 5. The Balaban J connectivity index is 1.46. The molecular weight excluding hydrogens is 484 g/mol. The van der Waals surface area contributed by atoms with Crippen molar-refractivity contribution in [1.82, 2.24) is 10.2 Å². The van der Waals surface area contributed by atoms with Gasteiger partial charge in [0.25, 0.3) is 5.91 Å². The average molecular weight is 525 g/mol. The van der Waals surface area contributed by atoms with Gasteiger partial charge in [0.1, 0.15) is 0 Å². The van der Waals surface area contributed by atoms with E-state index in [-0.39, 0.29) is 25.8 Å². The summed E-state index contributed by atoms with van der Waals surface area (Å²) in [5, 5.41) is 12.3. The summed E-state index contributed by atoms with van der Waals surface area (Å²) in [5.41, 5.74) is 1.88. The summed E-state index contributed by atoms with van der Waals surface area (Å²) in [7, 11) is 0. The van der Waals surface area contributed by atoms with Crippen LogP contribution in [0, 0.1) is 0 Å². The fourth-order valence-electron chi connectivity index (χ4n) is 4.54. The summed E-state index contributed by atoms with van der Waals surface area (Å²) in [6.45, 7) is 3.12. The molecule has 0 atom stereocenters. The number of carbonyl (C=O) groups excluding carboxylic acids is 2. The number of rotatable bonds is 16. The van der Waals surface area contributed by atoms with E-state index in [4.69, 9.17) is 9.47 Å². The van der Waals surface area contributed by atoms with Gasteiger partial charge in [-0.15, -0.1) is 0 Å². The van der Waals surface area contributed by atoms with E-state index in [1.807, 2.05) is 0 Å². The summed E-state index contributed by atoms with van der Waals surface area (Å²) in [6.07, 6.45) is 12.4. The smallest absolute Gasteiger partial charge is 0.394 e. The van der Waals surface area contributed by atoms with Crippen molar-refractivity contribution >= 4 is 17.8 Å². The molecule has 1 aliphatic heterocycles. The minimum absolute atomic E-state index is 0.0547. The standard InChI is InChI=1S/C30H40N2O6/c1-2-3-4-5-6-7-8-9-10-11-17-31-28(33)25-14-12-13-23(18-25)20-32(29(34)30(35)36)21-24-15-16-26-27(19-24)38-22-37-26/h12-16,18-19H,2-11,17,20-22H2,1H3,(H,31,33)(H,35,36). The first kappa shape index (κ1) is 29.0. The number of nitrogens with one attached hydrogen (secondary N) is 1. The van der Waals surface area contributed by atoms with Crippen LogP contribution in [0.1, 0.15) is 92.6 Å². The summed E-state index contributed by atoms with van der Waals surface area (Å²) in [6, 6.07) is 12.2. The van der Waals surface area contributed by atoms with E-state index in [0.717, 1.165) is 12.8 Å². The van der Waals surface area contributed by atoms with Crippen molar-refractivity contribution in [3.05, 3.63) is 59.2 Å². The van der Waals surface area contributed by atoms with Crippen LogP contribution in [0.3, 0.4) is 0 Å². The molecule has 2 aromatic rings. The van der Waals surface area contributed by atoms with E-state index < -0.39 is 11.9 Å². The number of aliphatic carboxylic acids is 1.